The van der Waals surface area contributed by atoms with E-state index in [-0.39, 0.29) is 12.0 Å². The number of rotatable bonds is 4. The van der Waals surface area contributed by atoms with Gasteiger partial charge in [-0.05, 0) is 44.7 Å². The highest BCUT2D eigenvalue weighted by atomic mass is 32.2. The van der Waals surface area contributed by atoms with Crippen LogP contribution in [0.5, 0.6) is 0 Å². The van der Waals surface area contributed by atoms with E-state index in [2.05, 4.69) is 16.5 Å². The maximum Gasteiger partial charge on any atom is 0.154 e. The Labute approximate surface area is 120 Å². The summed E-state index contributed by atoms with van der Waals surface area (Å²) in [6.07, 6.45) is 5.95. The lowest BCUT2D eigenvalue weighted by molar-refractivity contribution is 0.327. The molecule has 0 aliphatic heterocycles. The van der Waals surface area contributed by atoms with E-state index in [1.165, 1.54) is 11.8 Å². The van der Waals surface area contributed by atoms with E-state index in [0.29, 0.717) is 0 Å². The zero-order valence-electron chi connectivity index (χ0n) is 12.3. The van der Waals surface area contributed by atoms with Crippen LogP contribution in [0, 0.1) is 0 Å². The van der Waals surface area contributed by atoms with Crippen LogP contribution in [-0.2, 0) is 16.3 Å². The molecular weight excluding hydrogens is 274 g/mol. The van der Waals surface area contributed by atoms with Crippen LogP contribution in [0.1, 0.15) is 43.9 Å². The Morgan fingerprint density at radius 1 is 1.50 bits per heavy atom. The molecule has 0 fully saturated rings. The summed E-state index contributed by atoms with van der Waals surface area (Å²) in [5, 5.41) is 0. The van der Waals surface area contributed by atoms with Crippen LogP contribution < -0.4 is 11.3 Å². The first-order valence-electron chi connectivity index (χ1n) is 6.88. The third kappa shape index (κ3) is 2.60. The van der Waals surface area contributed by atoms with Crippen molar-refractivity contribution in [2.45, 2.75) is 49.8 Å². The van der Waals surface area contributed by atoms with Crippen LogP contribution >= 0.6 is 0 Å². The standard InChI is InChI=1S/C14H23N3O2S/c1-14(2,20(3,18)19)13(17-15)11-8-4-6-10-7-5-9-16-12(10)11/h5,7,9,11,13,17H,4,6,8,15H2,1-3H3. The van der Waals surface area contributed by atoms with Gasteiger partial charge in [0.15, 0.2) is 9.84 Å². The summed E-state index contributed by atoms with van der Waals surface area (Å²) < 4.78 is 23.2. The zero-order valence-corrected chi connectivity index (χ0v) is 13.1. The molecule has 1 aliphatic rings. The summed E-state index contributed by atoms with van der Waals surface area (Å²) in [4.78, 5) is 4.47. The van der Waals surface area contributed by atoms with Gasteiger partial charge < -0.3 is 0 Å². The van der Waals surface area contributed by atoms with Crippen molar-refractivity contribution in [2.24, 2.45) is 5.84 Å². The number of hydrogen-bond donors (Lipinski definition) is 2. The fraction of sp³-hybridized carbons (Fsp3) is 0.643. The van der Waals surface area contributed by atoms with E-state index in [0.717, 1.165) is 25.0 Å². The van der Waals surface area contributed by atoms with Gasteiger partial charge >= 0.3 is 0 Å². The average molecular weight is 297 g/mol. The first-order valence-corrected chi connectivity index (χ1v) is 8.77. The third-order valence-corrected chi connectivity index (χ3v) is 6.69. The molecular formula is C14H23N3O2S. The zero-order chi connectivity index (χ0) is 15.0. The molecule has 3 N–H and O–H groups in total. The molecule has 20 heavy (non-hydrogen) atoms. The van der Waals surface area contributed by atoms with Crippen molar-refractivity contribution in [3.63, 3.8) is 0 Å². The van der Waals surface area contributed by atoms with Crippen molar-refractivity contribution < 1.29 is 8.42 Å². The fourth-order valence-electron chi connectivity index (χ4n) is 3.00. The lowest BCUT2D eigenvalue weighted by Crippen LogP contribution is -2.57. The Balaban J connectivity index is 2.45. The highest BCUT2D eigenvalue weighted by Gasteiger charge is 2.44. The summed E-state index contributed by atoms with van der Waals surface area (Å²) in [5.41, 5.74) is 4.93. The molecule has 0 spiro atoms. The molecule has 2 atom stereocenters. The summed E-state index contributed by atoms with van der Waals surface area (Å²) in [5.74, 6) is 5.72. The second kappa shape index (κ2) is 5.42. The Hall–Kier alpha value is -0.980. The minimum absolute atomic E-state index is 0.0228. The van der Waals surface area contributed by atoms with Crippen LogP contribution in [0.4, 0.5) is 0 Å². The Bertz CT molecular complexity index is 584. The predicted octanol–water partition coefficient (Wildman–Crippen LogP) is 1.16. The average Bonchev–Trinajstić information content (AvgIpc) is 2.38. The van der Waals surface area contributed by atoms with Gasteiger partial charge in [0.05, 0.1) is 4.75 Å². The topological polar surface area (TPSA) is 85.1 Å². The molecule has 1 aromatic heterocycles. The molecule has 5 nitrogen and oxygen atoms in total. The molecule has 6 heteroatoms. The first kappa shape index (κ1) is 15.4. The molecule has 0 radical (unpaired) electrons. The largest absolute Gasteiger partial charge is 0.271 e. The van der Waals surface area contributed by atoms with Crippen molar-refractivity contribution >= 4 is 9.84 Å². The quantitative estimate of drug-likeness (QED) is 0.643. The summed E-state index contributed by atoms with van der Waals surface area (Å²) in [6.45, 7) is 3.45. The second-order valence-corrected chi connectivity index (χ2v) is 8.66. The van der Waals surface area contributed by atoms with E-state index in [9.17, 15) is 8.42 Å². The van der Waals surface area contributed by atoms with Crippen LogP contribution in [0.25, 0.3) is 0 Å². The van der Waals surface area contributed by atoms with Gasteiger partial charge in [-0.1, -0.05) is 6.07 Å². The van der Waals surface area contributed by atoms with E-state index in [4.69, 9.17) is 5.84 Å². The molecule has 112 valence electrons. The molecule has 0 aromatic carbocycles. The van der Waals surface area contributed by atoms with Crippen LogP contribution in [0.2, 0.25) is 0 Å². The SMILES string of the molecule is CC(C)(C(NN)C1CCCc2cccnc21)S(C)(=O)=O. The second-order valence-electron chi connectivity index (χ2n) is 6.07. The van der Waals surface area contributed by atoms with Crippen molar-refractivity contribution in [1.82, 2.24) is 10.4 Å². The molecule has 0 bridgehead atoms. The molecule has 2 rings (SSSR count). The van der Waals surface area contributed by atoms with Gasteiger partial charge in [0.1, 0.15) is 0 Å². The minimum Gasteiger partial charge on any atom is -0.271 e. The molecule has 0 amide bonds. The van der Waals surface area contributed by atoms with E-state index < -0.39 is 14.6 Å². The Morgan fingerprint density at radius 3 is 2.80 bits per heavy atom. The number of pyridine rings is 1. The van der Waals surface area contributed by atoms with Gasteiger partial charge in [0.25, 0.3) is 0 Å². The molecule has 1 heterocycles. The number of nitrogens with one attached hydrogen (secondary N) is 1. The van der Waals surface area contributed by atoms with Crippen LogP contribution in [-0.4, -0.2) is 30.4 Å². The van der Waals surface area contributed by atoms with Gasteiger partial charge in [-0.15, -0.1) is 0 Å². The smallest absolute Gasteiger partial charge is 0.154 e. The van der Waals surface area contributed by atoms with Crippen molar-refractivity contribution in [3.8, 4) is 0 Å². The van der Waals surface area contributed by atoms with E-state index in [1.54, 1.807) is 20.0 Å². The number of nitrogens with two attached hydrogens (primary N) is 1. The predicted molar refractivity (Wildman–Crippen MR) is 79.9 cm³/mol. The van der Waals surface area contributed by atoms with Crippen molar-refractivity contribution in [2.75, 3.05) is 6.26 Å². The Kier molecular flexibility index (Phi) is 4.18. The summed E-state index contributed by atoms with van der Waals surface area (Å²) >= 11 is 0. The van der Waals surface area contributed by atoms with Gasteiger partial charge in [-0.25, -0.2) is 8.42 Å². The van der Waals surface area contributed by atoms with Crippen molar-refractivity contribution in [3.05, 3.63) is 29.6 Å². The van der Waals surface area contributed by atoms with Gasteiger partial charge in [-0.2, -0.15) is 0 Å². The molecule has 1 aliphatic carbocycles. The molecule has 1 aromatic rings. The number of sulfone groups is 1. The van der Waals surface area contributed by atoms with E-state index in [1.807, 2.05) is 6.07 Å². The number of aryl methyl sites for hydroxylation is 1. The number of hydrogen-bond acceptors (Lipinski definition) is 5. The van der Waals surface area contributed by atoms with E-state index >= 15 is 0 Å². The van der Waals surface area contributed by atoms with Crippen LogP contribution in [0.3, 0.4) is 0 Å². The number of fused-ring (bicyclic) bond motifs is 1. The lowest BCUT2D eigenvalue weighted by atomic mass is 9.78. The monoisotopic (exact) mass is 297 g/mol. The maximum atomic E-state index is 12.1. The summed E-state index contributed by atoms with van der Waals surface area (Å²) in [7, 11) is -3.24. The lowest BCUT2D eigenvalue weighted by Gasteiger charge is -2.39. The number of hydrazine groups is 1. The summed E-state index contributed by atoms with van der Waals surface area (Å²) in [6, 6.07) is 3.63. The number of nitrogens with zero attached hydrogens (tertiary/aromatic N) is 1. The normalized spacial score (nSPS) is 21.3. The molecule has 2 unspecified atom stereocenters. The maximum absolute atomic E-state index is 12.1. The highest BCUT2D eigenvalue weighted by Crippen LogP contribution is 2.38. The fourth-order valence-corrected chi connectivity index (χ4v) is 3.70. The Morgan fingerprint density at radius 2 is 2.20 bits per heavy atom. The van der Waals surface area contributed by atoms with Crippen molar-refractivity contribution in [1.29, 1.82) is 0 Å². The van der Waals surface area contributed by atoms with Crippen LogP contribution in [0.15, 0.2) is 18.3 Å². The first-order chi connectivity index (χ1) is 9.29. The number of aromatic nitrogens is 1. The van der Waals surface area contributed by atoms with Gasteiger partial charge in [-0.3, -0.25) is 16.3 Å². The third-order valence-electron chi connectivity index (χ3n) is 4.53. The molecule has 0 saturated heterocycles. The van der Waals surface area contributed by atoms with Gasteiger partial charge in [0.2, 0.25) is 0 Å². The van der Waals surface area contributed by atoms with Gasteiger partial charge in [0, 0.05) is 30.1 Å². The molecule has 0 saturated carbocycles. The minimum atomic E-state index is -3.24. The highest BCUT2D eigenvalue weighted by molar-refractivity contribution is 7.92.